The number of rotatable bonds is 2. The number of hydrogen-bond acceptors (Lipinski definition) is 4. The minimum Gasteiger partial charge on any atom is -0.475 e. The Morgan fingerprint density at radius 2 is 1.77 bits per heavy atom. The lowest BCUT2D eigenvalue weighted by Gasteiger charge is -2.24. The van der Waals surface area contributed by atoms with Crippen LogP contribution in [0.1, 0.15) is 48.8 Å². The molecule has 8 nitrogen and oxygen atoms in total. The van der Waals surface area contributed by atoms with Gasteiger partial charge in [-0.15, -0.1) is 0 Å². The van der Waals surface area contributed by atoms with Crippen molar-refractivity contribution in [3.63, 3.8) is 0 Å². The highest BCUT2D eigenvalue weighted by atomic mass is 16.4. The molecule has 0 aliphatic heterocycles. The van der Waals surface area contributed by atoms with Gasteiger partial charge in [-0.1, -0.05) is 19.3 Å². The van der Waals surface area contributed by atoms with Gasteiger partial charge in [-0.25, -0.2) is 14.6 Å². The highest BCUT2D eigenvalue weighted by molar-refractivity contribution is 5.88. The lowest BCUT2D eigenvalue weighted by Crippen LogP contribution is -2.40. The molecule has 0 atom stereocenters. The number of carboxylic acids is 1. The van der Waals surface area contributed by atoms with Gasteiger partial charge in [-0.2, -0.15) is 0 Å². The lowest BCUT2D eigenvalue weighted by atomic mass is 9.95. The van der Waals surface area contributed by atoms with E-state index in [0.717, 1.165) is 36.7 Å². The average molecular weight is 306 g/mol. The Bertz CT molecular complexity index is 868. The van der Waals surface area contributed by atoms with Crippen molar-refractivity contribution in [3.05, 3.63) is 26.7 Å². The van der Waals surface area contributed by atoms with Crippen LogP contribution in [0.15, 0.2) is 9.59 Å². The van der Waals surface area contributed by atoms with Gasteiger partial charge in [0.2, 0.25) is 5.82 Å². The number of aromatic carboxylic acids is 1. The van der Waals surface area contributed by atoms with E-state index in [2.05, 4.69) is 4.98 Å². The van der Waals surface area contributed by atoms with E-state index in [1.807, 2.05) is 0 Å². The first-order valence-electron chi connectivity index (χ1n) is 7.34. The first kappa shape index (κ1) is 14.6. The van der Waals surface area contributed by atoms with Crippen molar-refractivity contribution in [1.29, 1.82) is 0 Å². The monoisotopic (exact) mass is 306 g/mol. The average Bonchev–Trinajstić information content (AvgIpc) is 2.84. The molecule has 1 N–H and O–H groups in total. The van der Waals surface area contributed by atoms with Crippen LogP contribution in [0.4, 0.5) is 0 Å². The molecular weight excluding hydrogens is 288 g/mol. The van der Waals surface area contributed by atoms with Crippen LogP contribution in [-0.2, 0) is 14.1 Å². The number of carbonyl (C=O) groups is 1. The maximum atomic E-state index is 12.5. The van der Waals surface area contributed by atoms with Crippen LogP contribution in [0.3, 0.4) is 0 Å². The summed E-state index contributed by atoms with van der Waals surface area (Å²) in [5, 5.41) is 9.22. The summed E-state index contributed by atoms with van der Waals surface area (Å²) >= 11 is 0. The predicted octanol–water partition coefficient (Wildman–Crippen LogP) is 0.637. The van der Waals surface area contributed by atoms with Gasteiger partial charge in [-0.05, 0) is 12.8 Å². The van der Waals surface area contributed by atoms with Crippen molar-refractivity contribution in [2.45, 2.75) is 38.1 Å². The van der Waals surface area contributed by atoms with Crippen molar-refractivity contribution in [2.24, 2.45) is 14.1 Å². The minimum atomic E-state index is -1.22. The summed E-state index contributed by atoms with van der Waals surface area (Å²) in [4.78, 5) is 40.2. The molecule has 22 heavy (non-hydrogen) atoms. The maximum Gasteiger partial charge on any atom is 0.372 e. The Morgan fingerprint density at radius 3 is 2.36 bits per heavy atom. The number of nitrogens with zero attached hydrogens (tertiary/aromatic N) is 4. The number of carboxylic acid groups (broad SMARTS) is 1. The van der Waals surface area contributed by atoms with E-state index in [1.165, 1.54) is 23.2 Å². The zero-order valence-corrected chi connectivity index (χ0v) is 12.6. The molecule has 0 spiro atoms. The standard InChI is InChI=1S/C14H18N4O4/c1-16-9-10(15-11(16)13(20)21)18(8-6-4-3-5-7-8)14(22)17(2)12(9)19/h8H,3-7H2,1-2H3,(H,20,21). The molecular formula is C14H18N4O4. The Labute approximate surface area is 125 Å². The highest BCUT2D eigenvalue weighted by Crippen LogP contribution is 2.28. The summed E-state index contributed by atoms with van der Waals surface area (Å²) in [6.45, 7) is 0. The van der Waals surface area contributed by atoms with Crippen molar-refractivity contribution in [3.8, 4) is 0 Å². The van der Waals surface area contributed by atoms with Crippen LogP contribution >= 0.6 is 0 Å². The molecule has 1 saturated carbocycles. The van der Waals surface area contributed by atoms with E-state index in [9.17, 15) is 19.5 Å². The van der Waals surface area contributed by atoms with Crippen molar-refractivity contribution < 1.29 is 9.90 Å². The van der Waals surface area contributed by atoms with E-state index < -0.39 is 17.2 Å². The Kier molecular flexibility index (Phi) is 3.38. The van der Waals surface area contributed by atoms with E-state index in [-0.39, 0.29) is 23.0 Å². The number of imidazole rings is 1. The molecule has 1 aliphatic carbocycles. The smallest absolute Gasteiger partial charge is 0.372 e. The topological polar surface area (TPSA) is 99.1 Å². The molecule has 0 saturated heterocycles. The molecule has 118 valence electrons. The summed E-state index contributed by atoms with van der Waals surface area (Å²) in [6, 6.07) is -0.0351. The molecule has 1 fully saturated rings. The second-order valence-corrected chi connectivity index (χ2v) is 5.78. The summed E-state index contributed by atoms with van der Waals surface area (Å²) < 4.78 is 3.78. The van der Waals surface area contributed by atoms with Gasteiger partial charge >= 0.3 is 11.7 Å². The Morgan fingerprint density at radius 1 is 1.14 bits per heavy atom. The van der Waals surface area contributed by atoms with Gasteiger partial charge in [0.15, 0.2) is 11.2 Å². The molecule has 0 unspecified atom stereocenters. The van der Waals surface area contributed by atoms with E-state index in [0.29, 0.717) is 0 Å². The highest BCUT2D eigenvalue weighted by Gasteiger charge is 2.26. The van der Waals surface area contributed by atoms with Gasteiger partial charge < -0.3 is 9.67 Å². The third-order valence-electron chi connectivity index (χ3n) is 4.44. The van der Waals surface area contributed by atoms with Crippen molar-refractivity contribution in [1.82, 2.24) is 18.7 Å². The Balaban J connectivity index is 2.40. The van der Waals surface area contributed by atoms with Crippen LogP contribution in [0, 0.1) is 0 Å². The summed E-state index contributed by atoms with van der Waals surface area (Å²) in [5.74, 6) is -1.45. The molecule has 2 heterocycles. The second-order valence-electron chi connectivity index (χ2n) is 5.78. The molecule has 0 amide bonds. The number of aryl methyl sites for hydroxylation is 1. The van der Waals surface area contributed by atoms with Gasteiger partial charge in [0, 0.05) is 20.1 Å². The first-order chi connectivity index (χ1) is 10.4. The van der Waals surface area contributed by atoms with Gasteiger partial charge in [0.25, 0.3) is 5.56 Å². The largest absolute Gasteiger partial charge is 0.475 e. The van der Waals surface area contributed by atoms with Gasteiger partial charge in [-0.3, -0.25) is 13.9 Å². The Hall–Kier alpha value is -2.38. The van der Waals surface area contributed by atoms with Crippen LogP contribution in [0.5, 0.6) is 0 Å². The number of fused-ring (bicyclic) bond motifs is 1. The SMILES string of the molecule is Cn1c(=O)c2c(nc(C(=O)O)n2C)n(C2CCCCC2)c1=O. The zero-order valence-electron chi connectivity index (χ0n) is 12.6. The summed E-state index contributed by atoms with van der Waals surface area (Å²) in [7, 11) is 2.90. The van der Waals surface area contributed by atoms with Crippen molar-refractivity contribution in [2.75, 3.05) is 0 Å². The maximum absolute atomic E-state index is 12.5. The molecule has 1 aliphatic rings. The molecule has 0 aromatic carbocycles. The molecule has 2 aromatic rings. The lowest BCUT2D eigenvalue weighted by molar-refractivity contribution is 0.0680. The van der Waals surface area contributed by atoms with Crippen LogP contribution in [0.2, 0.25) is 0 Å². The fourth-order valence-corrected chi connectivity index (χ4v) is 3.25. The number of hydrogen-bond donors (Lipinski definition) is 1. The van der Waals surface area contributed by atoms with Crippen LogP contribution < -0.4 is 11.2 Å². The zero-order chi connectivity index (χ0) is 16.0. The molecule has 0 bridgehead atoms. The fourth-order valence-electron chi connectivity index (χ4n) is 3.25. The third kappa shape index (κ3) is 1.98. The molecule has 8 heteroatoms. The fraction of sp³-hybridized carbons (Fsp3) is 0.571. The van der Waals surface area contributed by atoms with E-state index >= 15 is 0 Å². The molecule has 0 radical (unpaired) electrons. The van der Waals surface area contributed by atoms with E-state index in [4.69, 9.17) is 0 Å². The molecule has 2 aromatic heterocycles. The van der Waals surface area contributed by atoms with Gasteiger partial charge in [0.1, 0.15) is 0 Å². The van der Waals surface area contributed by atoms with Crippen LogP contribution in [0.25, 0.3) is 11.2 Å². The normalized spacial score (nSPS) is 16.3. The minimum absolute atomic E-state index is 0.0351. The quantitative estimate of drug-likeness (QED) is 0.877. The second kappa shape index (κ2) is 5.11. The summed E-state index contributed by atoms with van der Waals surface area (Å²) in [6.07, 6.45) is 4.83. The van der Waals surface area contributed by atoms with Crippen molar-refractivity contribution >= 4 is 17.1 Å². The number of aromatic nitrogens is 4. The molecule has 3 rings (SSSR count). The summed E-state index contributed by atoms with van der Waals surface area (Å²) in [5.41, 5.74) is -0.612. The third-order valence-corrected chi connectivity index (χ3v) is 4.44. The predicted molar refractivity (Wildman–Crippen MR) is 79.3 cm³/mol. The first-order valence-corrected chi connectivity index (χ1v) is 7.34. The van der Waals surface area contributed by atoms with Crippen LogP contribution in [-0.4, -0.2) is 29.8 Å². The van der Waals surface area contributed by atoms with Gasteiger partial charge in [0.05, 0.1) is 0 Å². The van der Waals surface area contributed by atoms with E-state index in [1.54, 1.807) is 0 Å².